The van der Waals surface area contributed by atoms with E-state index in [2.05, 4.69) is 36.6 Å². The van der Waals surface area contributed by atoms with Crippen molar-refractivity contribution < 1.29 is 9.13 Å². The number of rotatable bonds is 6. The van der Waals surface area contributed by atoms with Gasteiger partial charge in [-0.1, -0.05) is 41.1 Å². The lowest BCUT2D eigenvalue weighted by Crippen LogP contribution is -2.23. The highest BCUT2D eigenvalue weighted by Crippen LogP contribution is 2.17. The van der Waals surface area contributed by atoms with Crippen LogP contribution in [0, 0.1) is 5.82 Å². The van der Waals surface area contributed by atoms with Gasteiger partial charge in [-0.2, -0.15) is 14.5 Å². The first-order valence-corrected chi connectivity index (χ1v) is 9.96. The molecule has 0 aliphatic heterocycles. The molecule has 0 atom stereocenters. The van der Waals surface area contributed by atoms with E-state index in [4.69, 9.17) is 4.74 Å². The maximum absolute atomic E-state index is 14.0. The molecule has 0 bridgehead atoms. The summed E-state index contributed by atoms with van der Waals surface area (Å²) in [7, 11) is 1.53. The third-order valence-corrected chi connectivity index (χ3v) is 4.76. The lowest BCUT2D eigenvalue weighted by molar-refractivity contribution is 0.283. The molecule has 0 amide bonds. The molecule has 1 heterocycles. The quantitative estimate of drug-likeness (QED) is 0.310. The molecule has 8 nitrogen and oxygen atoms in total. The standard InChI is InChI=1S/C20H20BrFN6O2/c1-4-19(24-23-13(2)16-11-15(21)9-10-17(16)22)30-12-14-7-5-6-8-18(14)28-20(29)27(3)25-26-28/h5-11H,4,12H2,1-3H3/b23-13+,24-19+. The van der Waals surface area contributed by atoms with Crippen molar-refractivity contribution >= 4 is 27.5 Å². The molecular weight excluding hydrogens is 455 g/mol. The molecule has 1 aromatic heterocycles. The summed E-state index contributed by atoms with van der Waals surface area (Å²) in [5.41, 5.74) is 1.73. The summed E-state index contributed by atoms with van der Waals surface area (Å²) >= 11 is 3.32. The Balaban J connectivity index is 1.80. The summed E-state index contributed by atoms with van der Waals surface area (Å²) in [6, 6.07) is 11.9. The fourth-order valence-corrected chi connectivity index (χ4v) is 2.99. The molecule has 0 saturated carbocycles. The zero-order chi connectivity index (χ0) is 21.7. The topological polar surface area (TPSA) is 86.7 Å². The van der Waals surface area contributed by atoms with E-state index < -0.39 is 0 Å². The normalized spacial score (nSPS) is 12.3. The number of hydrogen-bond donors (Lipinski definition) is 0. The average molecular weight is 475 g/mol. The molecule has 0 radical (unpaired) electrons. The number of benzene rings is 2. The minimum atomic E-state index is -0.378. The SMILES string of the molecule is CC/C(=N\N=C(/C)c1cc(Br)ccc1F)OCc1ccccc1-n1nnn(C)c1=O. The van der Waals surface area contributed by atoms with E-state index in [0.29, 0.717) is 29.3 Å². The van der Waals surface area contributed by atoms with E-state index in [1.165, 1.54) is 17.8 Å². The van der Waals surface area contributed by atoms with Crippen LogP contribution < -0.4 is 5.69 Å². The van der Waals surface area contributed by atoms with E-state index in [1.807, 2.05) is 19.1 Å². The maximum atomic E-state index is 14.0. The molecule has 0 aliphatic carbocycles. The number of tetrazole rings is 1. The van der Waals surface area contributed by atoms with Gasteiger partial charge in [-0.3, -0.25) is 0 Å². The molecule has 2 aromatic carbocycles. The van der Waals surface area contributed by atoms with Gasteiger partial charge >= 0.3 is 5.69 Å². The number of aromatic nitrogens is 4. The van der Waals surface area contributed by atoms with E-state index in [-0.39, 0.29) is 18.1 Å². The largest absolute Gasteiger partial charge is 0.475 e. The van der Waals surface area contributed by atoms with Crippen LogP contribution in [0.15, 0.2) is 61.9 Å². The molecule has 3 aromatic rings. The summed E-state index contributed by atoms with van der Waals surface area (Å²) < 4.78 is 22.9. The molecule has 0 fully saturated rings. The van der Waals surface area contributed by atoms with Crippen LogP contribution in [-0.4, -0.2) is 31.4 Å². The smallest absolute Gasteiger partial charge is 0.368 e. The van der Waals surface area contributed by atoms with Gasteiger partial charge in [-0.15, -0.1) is 5.10 Å². The second kappa shape index (κ2) is 9.57. The Morgan fingerprint density at radius 1 is 1.20 bits per heavy atom. The first-order chi connectivity index (χ1) is 14.4. The average Bonchev–Trinajstić information content (AvgIpc) is 3.08. The van der Waals surface area contributed by atoms with Crippen molar-refractivity contribution in [3.05, 3.63) is 74.4 Å². The number of hydrogen-bond acceptors (Lipinski definition) is 6. The molecule has 30 heavy (non-hydrogen) atoms. The van der Waals surface area contributed by atoms with Gasteiger partial charge in [0.25, 0.3) is 0 Å². The number of nitrogens with zero attached hydrogens (tertiary/aromatic N) is 6. The Morgan fingerprint density at radius 3 is 2.67 bits per heavy atom. The molecule has 0 aliphatic rings. The Kier molecular flexibility index (Phi) is 6.88. The van der Waals surface area contributed by atoms with Crippen molar-refractivity contribution in [3.8, 4) is 5.69 Å². The van der Waals surface area contributed by atoms with Crippen molar-refractivity contribution in [2.45, 2.75) is 26.9 Å². The lowest BCUT2D eigenvalue weighted by atomic mass is 10.1. The van der Waals surface area contributed by atoms with Gasteiger partial charge in [0, 0.05) is 29.1 Å². The van der Waals surface area contributed by atoms with E-state index in [9.17, 15) is 9.18 Å². The molecule has 156 valence electrons. The lowest BCUT2D eigenvalue weighted by Gasteiger charge is -2.10. The van der Waals surface area contributed by atoms with Crippen LogP contribution in [0.25, 0.3) is 5.69 Å². The van der Waals surface area contributed by atoms with Gasteiger partial charge in [0.2, 0.25) is 5.90 Å². The van der Waals surface area contributed by atoms with Gasteiger partial charge in [0.15, 0.2) is 0 Å². The van der Waals surface area contributed by atoms with Crippen molar-refractivity contribution in [2.75, 3.05) is 0 Å². The predicted octanol–water partition coefficient (Wildman–Crippen LogP) is 3.62. The van der Waals surface area contributed by atoms with Crippen LogP contribution >= 0.6 is 15.9 Å². The second-order valence-corrected chi connectivity index (χ2v) is 7.29. The third-order valence-electron chi connectivity index (χ3n) is 4.27. The highest BCUT2D eigenvalue weighted by molar-refractivity contribution is 9.10. The summed E-state index contributed by atoms with van der Waals surface area (Å²) in [5.74, 6) is 0.00278. The van der Waals surface area contributed by atoms with Gasteiger partial charge in [-0.25, -0.2) is 9.18 Å². The van der Waals surface area contributed by atoms with Gasteiger partial charge < -0.3 is 4.74 Å². The van der Waals surface area contributed by atoms with Crippen LogP contribution in [0.3, 0.4) is 0 Å². The molecule has 0 saturated heterocycles. The highest BCUT2D eigenvalue weighted by Gasteiger charge is 2.12. The Labute approximate surface area is 180 Å². The van der Waals surface area contributed by atoms with Crippen LogP contribution in [0.1, 0.15) is 31.4 Å². The van der Waals surface area contributed by atoms with Crippen LogP contribution in [0.2, 0.25) is 0 Å². The number of para-hydroxylation sites is 1. The molecule has 0 N–H and O–H groups in total. The first-order valence-electron chi connectivity index (χ1n) is 9.17. The molecular formula is C20H20BrFN6O2. The van der Waals surface area contributed by atoms with Crippen molar-refractivity contribution in [1.29, 1.82) is 0 Å². The summed E-state index contributed by atoms with van der Waals surface area (Å²) in [6.07, 6.45) is 0.491. The number of ether oxygens (including phenoxy) is 1. The molecule has 10 heteroatoms. The minimum absolute atomic E-state index is 0.158. The van der Waals surface area contributed by atoms with Crippen LogP contribution in [0.4, 0.5) is 4.39 Å². The second-order valence-electron chi connectivity index (χ2n) is 6.37. The predicted molar refractivity (Wildman–Crippen MR) is 115 cm³/mol. The maximum Gasteiger partial charge on any atom is 0.368 e. The number of aryl methyl sites for hydroxylation is 1. The van der Waals surface area contributed by atoms with Crippen molar-refractivity contribution in [2.24, 2.45) is 17.3 Å². The van der Waals surface area contributed by atoms with Gasteiger partial charge in [0.05, 0.1) is 11.4 Å². The summed E-state index contributed by atoms with van der Waals surface area (Å²) in [4.78, 5) is 12.2. The van der Waals surface area contributed by atoms with E-state index in [0.717, 1.165) is 14.7 Å². The van der Waals surface area contributed by atoms with Gasteiger partial charge in [0.1, 0.15) is 12.4 Å². The van der Waals surface area contributed by atoms with Crippen LogP contribution in [-0.2, 0) is 18.4 Å². The molecule has 3 rings (SSSR count). The van der Waals surface area contributed by atoms with Gasteiger partial charge in [-0.05, 0) is 41.6 Å². The first kappa shape index (κ1) is 21.6. The van der Waals surface area contributed by atoms with E-state index in [1.54, 1.807) is 31.2 Å². The molecule has 0 unspecified atom stereocenters. The van der Waals surface area contributed by atoms with Crippen molar-refractivity contribution in [1.82, 2.24) is 19.8 Å². The zero-order valence-electron chi connectivity index (χ0n) is 16.7. The Bertz CT molecular complexity index is 1170. The fourth-order valence-electron chi connectivity index (χ4n) is 2.63. The summed E-state index contributed by atoms with van der Waals surface area (Å²) in [5, 5.41) is 15.9. The van der Waals surface area contributed by atoms with E-state index >= 15 is 0 Å². The number of halogens is 2. The Morgan fingerprint density at radius 2 is 1.97 bits per heavy atom. The monoisotopic (exact) mass is 474 g/mol. The highest BCUT2D eigenvalue weighted by atomic mass is 79.9. The van der Waals surface area contributed by atoms with Crippen LogP contribution in [0.5, 0.6) is 0 Å². The zero-order valence-corrected chi connectivity index (χ0v) is 18.3. The van der Waals surface area contributed by atoms with Crippen molar-refractivity contribution in [3.63, 3.8) is 0 Å². The third kappa shape index (κ3) is 4.88. The minimum Gasteiger partial charge on any atom is -0.475 e. The Hall–Kier alpha value is -3.14. The summed E-state index contributed by atoms with van der Waals surface area (Å²) in [6.45, 7) is 3.71. The molecule has 0 spiro atoms. The fraction of sp³-hybridized carbons (Fsp3) is 0.250.